The summed E-state index contributed by atoms with van der Waals surface area (Å²) in [5.74, 6) is 0.590. The number of aromatic amines is 1. The van der Waals surface area contributed by atoms with Crippen LogP contribution in [0.25, 0.3) is 21.3 Å². The van der Waals surface area contributed by atoms with Crippen molar-refractivity contribution in [1.29, 1.82) is 5.26 Å². The lowest BCUT2D eigenvalue weighted by atomic mass is 10.0. The Labute approximate surface area is 231 Å². The number of nitrogens with one attached hydrogen (secondary N) is 2. The van der Waals surface area contributed by atoms with Gasteiger partial charge in [-0.3, -0.25) is 10.00 Å². The van der Waals surface area contributed by atoms with Crippen molar-refractivity contribution in [3.8, 4) is 6.07 Å². The molecule has 0 saturated carbocycles. The second-order valence-corrected chi connectivity index (χ2v) is 11.2. The fourth-order valence-electron chi connectivity index (χ4n) is 5.30. The summed E-state index contributed by atoms with van der Waals surface area (Å²) in [6, 6.07) is 5.91. The van der Waals surface area contributed by atoms with E-state index in [0.717, 1.165) is 71.5 Å². The number of halogens is 3. The van der Waals surface area contributed by atoms with Gasteiger partial charge in [0.25, 0.3) is 0 Å². The number of aromatic nitrogens is 6. The molecule has 5 aromatic heterocycles. The molecule has 1 fully saturated rings. The summed E-state index contributed by atoms with van der Waals surface area (Å²) in [5.41, 5.74) is 4.55. The fourth-order valence-corrected chi connectivity index (χ4v) is 6.32. The third kappa shape index (κ3) is 5.37. The maximum Gasteiger partial charge on any atom is 0.393 e. The third-order valence-corrected chi connectivity index (χ3v) is 8.43. The average molecular weight is 566 g/mol. The lowest BCUT2D eigenvalue weighted by Gasteiger charge is -2.33. The minimum absolute atomic E-state index is 0.164. The topological polar surface area (TPSA) is 111 Å². The van der Waals surface area contributed by atoms with E-state index in [2.05, 4.69) is 43.4 Å². The summed E-state index contributed by atoms with van der Waals surface area (Å²) >= 11 is 1.06. The summed E-state index contributed by atoms with van der Waals surface area (Å²) in [5, 5.41) is 21.6. The van der Waals surface area contributed by atoms with E-state index in [1.807, 2.05) is 23.0 Å². The van der Waals surface area contributed by atoms with Crippen LogP contribution in [0.5, 0.6) is 0 Å². The van der Waals surface area contributed by atoms with Gasteiger partial charge in [-0.1, -0.05) is 0 Å². The van der Waals surface area contributed by atoms with Crippen LogP contribution in [0.1, 0.15) is 40.1 Å². The molecule has 0 unspecified atom stereocenters. The number of fused-ring (bicyclic) bond motifs is 2. The highest BCUT2D eigenvalue weighted by Gasteiger charge is 2.29. The maximum absolute atomic E-state index is 12.9. The Morgan fingerprint density at radius 2 is 1.95 bits per heavy atom. The van der Waals surface area contributed by atoms with Gasteiger partial charge in [0.15, 0.2) is 0 Å². The van der Waals surface area contributed by atoms with Crippen molar-refractivity contribution in [2.75, 3.05) is 18.4 Å². The summed E-state index contributed by atoms with van der Waals surface area (Å²) in [4.78, 5) is 16.4. The predicted molar refractivity (Wildman–Crippen MR) is 146 cm³/mol. The highest BCUT2D eigenvalue weighted by molar-refractivity contribution is 7.18. The summed E-state index contributed by atoms with van der Waals surface area (Å²) in [6.07, 6.45) is 3.39. The molecule has 0 atom stereocenters. The lowest BCUT2D eigenvalue weighted by molar-refractivity contribution is -0.126. The number of thiophene rings is 1. The number of hydrogen-bond acceptors (Lipinski definition) is 8. The molecule has 6 heterocycles. The Balaban J connectivity index is 1.12. The maximum atomic E-state index is 12.9. The molecule has 13 heteroatoms. The fraction of sp³-hybridized carbons (Fsp3) is 0.370. The van der Waals surface area contributed by atoms with Crippen molar-refractivity contribution in [3.05, 3.63) is 64.3 Å². The van der Waals surface area contributed by atoms with Gasteiger partial charge >= 0.3 is 6.18 Å². The quantitative estimate of drug-likeness (QED) is 0.280. The number of alkyl halides is 3. The zero-order valence-electron chi connectivity index (χ0n) is 21.7. The van der Waals surface area contributed by atoms with Gasteiger partial charge in [-0.15, -0.1) is 11.3 Å². The SMILES string of the molecule is Cc1c(CN2CCC(Nc3ncnc4sc(CC(F)(F)F)cc34)CC2)cnc2c1cc(C#N)n2Cc1cn[nH]c1. The molecule has 9 nitrogen and oxygen atoms in total. The Kier molecular flexibility index (Phi) is 6.89. The highest BCUT2D eigenvalue weighted by atomic mass is 32.1. The van der Waals surface area contributed by atoms with E-state index in [1.165, 1.54) is 6.33 Å². The number of H-pyrrole nitrogens is 1. The van der Waals surface area contributed by atoms with Crippen molar-refractivity contribution in [1.82, 2.24) is 34.6 Å². The van der Waals surface area contributed by atoms with Gasteiger partial charge in [0.2, 0.25) is 0 Å². The number of nitrogens with zero attached hydrogens (tertiary/aromatic N) is 7. The van der Waals surface area contributed by atoms with Gasteiger partial charge in [0.05, 0.1) is 24.5 Å². The van der Waals surface area contributed by atoms with Crippen LogP contribution in [0.2, 0.25) is 0 Å². The van der Waals surface area contributed by atoms with E-state index in [4.69, 9.17) is 4.98 Å². The molecule has 6 rings (SSSR count). The summed E-state index contributed by atoms with van der Waals surface area (Å²) < 4.78 is 40.5. The van der Waals surface area contributed by atoms with Crippen molar-refractivity contribution in [2.45, 2.75) is 51.5 Å². The van der Waals surface area contributed by atoms with Gasteiger partial charge in [-0.05, 0) is 43.0 Å². The summed E-state index contributed by atoms with van der Waals surface area (Å²) in [6.45, 7) is 5.06. The van der Waals surface area contributed by atoms with Crippen molar-refractivity contribution >= 4 is 38.4 Å². The second-order valence-electron chi connectivity index (χ2n) is 10.1. The molecule has 0 aliphatic carbocycles. The van der Waals surface area contributed by atoms with Crippen LogP contribution in [-0.2, 0) is 19.5 Å². The molecule has 5 aromatic rings. The van der Waals surface area contributed by atoms with Crippen LogP contribution in [0, 0.1) is 18.3 Å². The minimum atomic E-state index is -4.25. The Bertz CT molecular complexity index is 1690. The lowest BCUT2D eigenvalue weighted by Crippen LogP contribution is -2.39. The molecule has 1 aliphatic heterocycles. The number of anilines is 1. The van der Waals surface area contributed by atoms with Crippen LogP contribution in [0.15, 0.2) is 37.1 Å². The van der Waals surface area contributed by atoms with Crippen molar-refractivity contribution in [2.24, 2.45) is 0 Å². The molecule has 206 valence electrons. The number of piperidine rings is 1. The first kappa shape index (κ1) is 26.2. The monoisotopic (exact) mass is 565 g/mol. The van der Waals surface area contributed by atoms with Gasteiger partial charge in [-0.25, -0.2) is 15.0 Å². The van der Waals surface area contributed by atoms with E-state index < -0.39 is 12.6 Å². The number of aryl methyl sites for hydroxylation is 1. The Morgan fingerprint density at radius 1 is 1.12 bits per heavy atom. The zero-order chi connectivity index (χ0) is 27.9. The van der Waals surface area contributed by atoms with Crippen LogP contribution < -0.4 is 5.32 Å². The number of nitriles is 1. The smallest absolute Gasteiger partial charge is 0.367 e. The van der Waals surface area contributed by atoms with Gasteiger partial charge in [0, 0.05) is 53.9 Å². The molecule has 0 aromatic carbocycles. The van der Waals surface area contributed by atoms with Crippen molar-refractivity contribution < 1.29 is 13.2 Å². The van der Waals surface area contributed by atoms with E-state index in [9.17, 15) is 18.4 Å². The molecular weight excluding hydrogens is 539 g/mol. The second kappa shape index (κ2) is 10.5. The summed E-state index contributed by atoms with van der Waals surface area (Å²) in [7, 11) is 0. The van der Waals surface area contributed by atoms with Gasteiger partial charge in [0.1, 0.15) is 34.4 Å². The van der Waals surface area contributed by atoms with Crippen LogP contribution in [0.4, 0.5) is 19.0 Å². The molecule has 0 spiro atoms. The van der Waals surface area contributed by atoms with E-state index in [1.54, 1.807) is 12.3 Å². The van der Waals surface area contributed by atoms with Crippen molar-refractivity contribution in [3.63, 3.8) is 0 Å². The van der Waals surface area contributed by atoms with Crippen LogP contribution in [-0.4, -0.2) is 59.9 Å². The standard InChI is InChI=1S/C27H26F3N9S/c1-16-18(12-32-25-22(16)6-20(9-31)39(25)13-17-10-35-36-11-17)14-38-4-2-19(3-5-38)37-24-23-7-21(8-27(28,29)30)40-26(23)34-15-33-24/h6-7,10-12,15,19H,2-5,8,13-14H2,1H3,(H,35,36)(H,33,34,37). The number of pyridine rings is 1. The molecule has 1 saturated heterocycles. The Morgan fingerprint density at radius 3 is 2.67 bits per heavy atom. The predicted octanol–water partition coefficient (Wildman–Crippen LogP) is 5.17. The van der Waals surface area contributed by atoms with Crippen LogP contribution in [0.3, 0.4) is 0 Å². The molecule has 40 heavy (non-hydrogen) atoms. The normalized spacial score (nSPS) is 15.2. The molecule has 1 aliphatic rings. The first-order valence-electron chi connectivity index (χ1n) is 12.9. The third-order valence-electron chi connectivity index (χ3n) is 7.38. The van der Waals surface area contributed by atoms with E-state index >= 15 is 0 Å². The number of likely N-dealkylation sites (tertiary alicyclic amines) is 1. The number of rotatable bonds is 7. The molecule has 0 amide bonds. The largest absolute Gasteiger partial charge is 0.393 e. The molecular formula is C27H26F3N9S. The first-order valence-corrected chi connectivity index (χ1v) is 13.7. The van der Waals surface area contributed by atoms with Crippen LogP contribution >= 0.6 is 11.3 Å². The Hall–Kier alpha value is -4.02. The molecule has 0 radical (unpaired) electrons. The number of hydrogen-bond donors (Lipinski definition) is 2. The molecule has 0 bridgehead atoms. The first-order chi connectivity index (χ1) is 19.3. The van der Waals surface area contributed by atoms with Gasteiger partial charge < -0.3 is 9.88 Å². The average Bonchev–Trinajstić information content (AvgIpc) is 3.66. The van der Waals surface area contributed by atoms with E-state index in [0.29, 0.717) is 28.3 Å². The van der Waals surface area contributed by atoms with E-state index in [-0.39, 0.29) is 10.9 Å². The van der Waals surface area contributed by atoms with Gasteiger partial charge in [-0.2, -0.15) is 23.5 Å². The zero-order valence-corrected chi connectivity index (χ0v) is 22.5. The molecule has 2 N–H and O–H groups in total. The highest BCUT2D eigenvalue weighted by Crippen LogP contribution is 2.33. The minimum Gasteiger partial charge on any atom is -0.367 e.